The molecule has 0 bridgehead atoms. The Morgan fingerprint density at radius 1 is 1.42 bits per heavy atom. The summed E-state index contributed by atoms with van der Waals surface area (Å²) in [6.07, 6.45) is 4.02. The van der Waals surface area contributed by atoms with Gasteiger partial charge in [0.15, 0.2) is 0 Å². The minimum atomic E-state index is -0.928. The Labute approximate surface area is 115 Å². The van der Waals surface area contributed by atoms with Gasteiger partial charge >= 0.3 is 12.0 Å². The molecule has 0 aromatic carbocycles. The number of aliphatic carboxylic acids is 1. The zero-order chi connectivity index (χ0) is 13.8. The van der Waals surface area contributed by atoms with Crippen molar-refractivity contribution in [3.63, 3.8) is 0 Å². The minimum Gasteiger partial charge on any atom is -0.480 e. The molecule has 19 heavy (non-hydrogen) atoms. The highest BCUT2D eigenvalue weighted by molar-refractivity contribution is 6.28. The van der Waals surface area contributed by atoms with Crippen LogP contribution >= 0.6 is 11.6 Å². The Morgan fingerprint density at radius 3 is 2.68 bits per heavy atom. The zero-order valence-corrected chi connectivity index (χ0v) is 11.3. The van der Waals surface area contributed by atoms with Gasteiger partial charge in [-0.2, -0.15) is 15.0 Å². The lowest BCUT2D eigenvalue weighted by Crippen LogP contribution is -2.39. The number of carboxylic acid groups (broad SMARTS) is 1. The van der Waals surface area contributed by atoms with Crippen LogP contribution in [0.5, 0.6) is 6.01 Å². The lowest BCUT2D eigenvalue weighted by molar-refractivity contribution is -0.135. The summed E-state index contributed by atoms with van der Waals surface area (Å²) >= 11 is 5.80. The second-order valence-corrected chi connectivity index (χ2v) is 4.69. The fraction of sp³-hybridized carbons (Fsp3) is 0.636. The van der Waals surface area contributed by atoms with Crippen molar-refractivity contribution in [2.24, 2.45) is 0 Å². The summed E-state index contributed by atoms with van der Waals surface area (Å²) in [5, 5.41) is 9.02. The van der Waals surface area contributed by atoms with E-state index in [-0.39, 0.29) is 29.8 Å². The molecule has 1 aliphatic carbocycles. The molecule has 1 heterocycles. The van der Waals surface area contributed by atoms with Crippen molar-refractivity contribution in [3.8, 4) is 6.01 Å². The first kappa shape index (κ1) is 13.8. The maximum Gasteiger partial charge on any atom is 0.323 e. The van der Waals surface area contributed by atoms with Crippen LogP contribution in [0.1, 0.15) is 25.7 Å². The molecule has 8 heteroatoms. The summed E-state index contributed by atoms with van der Waals surface area (Å²) in [6.45, 7) is -0.159. The van der Waals surface area contributed by atoms with Gasteiger partial charge in [0, 0.05) is 6.04 Å². The predicted molar refractivity (Wildman–Crippen MR) is 68.6 cm³/mol. The van der Waals surface area contributed by atoms with Crippen LogP contribution in [-0.2, 0) is 4.79 Å². The molecule has 1 aromatic rings. The van der Waals surface area contributed by atoms with Crippen molar-refractivity contribution < 1.29 is 14.6 Å². The second kappa shape index (κ2) is 6.01. The van der Waals surface area contributed by atoms with E-state index in [1.54, 1.807) is 4.90 Å². The number of rotatable bonds is 5. The molecule has 7 nitrogen and oxygen atoms in total. The zero-order valence-electron chi connectivity index (χ0n) is 10.5. The molecule has 1 fully saturated rings. The fourth-order valence-corrected chi connectivity index (χ4v) is 2.41. The standard InChI is InChI=1S/C11H15ClN4O3/c1-19-11-14-9(12)13-10(15-11)16(6-8(17)18)7-4-2-3-5-7/h7H,2-6H2,1H3,(H,17,18). The first-order chi connectivity index (χ1) is 9.10. The number of nitrogens with zero attached hydrogens (tertiary/aromatic N) is 4. The normalized spacial score (nSPS) is 15.5. The first-order valence-corrected chi connectivity index (χ1v) is 6.42. The molecule has 1 aliphatic rings. The summed E-state index contributed by atoms with van der Waals surface area (Å²) in [4.78, 5) is 24.5. The molecule has 0 aliphatic heterocycles. The number of carboxylic acids is 1. The van der Waals surface area contributed by atoms with Crippen LogP contribution in [0.2, 0.25) is 5.28 Å². The molecular weight excluding hydrogens is 272 g/mol. The Hall–Kier alpha value is -1.63. The van der Waals surface area contributed by atoms with Gasteiger partial charge in [0.05, 0.1) is 7.11 Å². The number of anilines is 1. The first-order valence-electron chi connectivity index (χ1n) is 6.04. The molecular formula is C11H15ClN4O3. The van der Waals surface area contributed by atoms with E-state index in [4.69, 9.17) is 21.4 Å². The molecule has 0 saturated heterocycles. The summed E-state index contributed by atoms with van der Waals surface area (Å²) in [6, 6.07) is 0.211. The van der Waals surface area contributed by atoms with Gasteiger partial charge in [-0.05, 0) is 24.4 Å². The Morgan fingerprint density at radius 2 is 2.11 bits per heavy atom. The molecule has 0 spiro atoms. The molecule has 0 radical (unpaired) electrons. The lowest BCUT2D eigenvalue weighted by Gasteiger charge is -2.27. The topological polar surface area (TPSA) is 88.4 Å². The SMILES string of the molecule is COc1nc(Cl)nc(N(CC(=O)O)C2CCCC2)n1. The van der Waals surface area contributed by atoms with Gasteiger partial charge in [0.1, 0.15) is 6.54 Å². The van der Waals surface area contributed by atoms with Crippen molar-refractivity contribution in [3.05, 3.63) is 5.28 Å². The van der Waals surface area contributed by atoms with Crippen molar-refractivity contribution >= 4 is 23.5 Å². The second-order valence-electron chi connectivity index (χ2n) is 4.35. The van der Waals surface area contributed by atoms with E-state index in [0.29, 0.717) is 0 Å². The number of aromatic nitrogens is 3. The van der Waals surface area contributed by atoms with E-state index in [2.05, 4.69) is 15.0 Å². The van der Waals surface area contributed by atoms with Crippen LogP contribution in [0.3, 0.4) is 0 Å². The van der Waals surface area contributed by atoms with E-state index < -0.39 is 5.97 Å². The van der Waals surface area contributed by atoms with Crippen molar-refractivity contribution in [2.75, 3.05) is 18.6 Å². The number of halogens is 1. The number of hydrogen-bond acceptors (Lipinski definition) is 6. The maximum atomic E-state index is 11.0. The van der Waals surface area contributed by atoms with Crippen LogP contribution in [0.4, 0.5) is 5.95 Å². The third-order valence-electron chi connectivity index (χ3n) is 3.09. The Kier molecular flexibility index (Phi) is 4.36. The largest absolute Gasteiger partial charge is 0.480 e. The molecule has 0 amide bonds. The smallest absolute Gasteiger partial charge is 0.323 e. The quantitative estimate of drug-likeness (QED) is 0.874. The van der Waals surface area contributed by atoms with Gasteiger partial charge in [-0.1, -0.05) is 12.8 Å². The van der Waals surface area contributed by atoms with Crippen LogP contribution in [-0.4, -0.2) is 45.7 Å². The van der Waals surface area contributed by atoms with Gasteiger partial charge in [-0.15, -0.1) is 0 Å². The molecule has 1 saturated carbocycles. The minimum absolute atomic E-state index is 0.00441. The van der Waals surface area contributed by atoms with Crippen LogP contribution < -0.4 is 9.64 Å². The van der Waals surface area contributed by atoms with E-state index in [0.717, 1.165) is 25.7 Å². The van der Waals surface area contributed by atoms with E-state index in [1.165, 1.54) is 7.11 Å². The lowest BCUT2D eigenvalue weighted by atomic mass is 10.2. The number of methoxy groups -OCH3 is 1. The van der Waals surface area contributed by atoms with Crippen molar-refractivity contribution in [1.29, 1.82) is 0 Å². The van der Waals surface area contributed by atoms with Gasteiger partial charge in [-0.25, -0.2) is 0 Å². The van der Waals surface area contributed by atoms with Crippen LogP contribution in [0.15, 0.2) is 0 Å². The Bertz CT molecular complexity index is 465. The van der Waals surface area contributed by atoms with Crippen LogP contribution in [0, 0.1) is 0 Å². The van der Waals surface area contributed by atoms with Gasteiger partial charge in [-0.3, -0.25) is 4.79 Å². The molecule has 1 aromatic heterocycles. The van der Waals surface area contributed by atoms with Gasteiger partial charge in [0.25, 0.3) is 0 Å². The average Bonchev–Trinajstić information content (AvgIpc) is 2.88. The summed E-state index contributed by atoms with van der Waals surface area (Å²) < 4.78 is 4.93. The predicted octanol–water partition coefficient (Wildman–Crippen LogP) is 1.37. The van der Waals surface area contributed by atoms with Crippen molar-refractivity contribution in [2.45, 2.75) is 31.7 Å². The summed E-state index contributed by atoms with van der Waals surface area (Å²) in [5.74, 6) is -0.673. The highest BCUT2D eigenvalue weighted by atomic mass is 35.5. The van der Waals surface area contributed by atoms with Crippen molar-refractivity contribution in [1.82, 2.24) is 15.0 Å². The molecule has 1 N–H and O–H groups in total. The molecule has 0 unspecified atom stereocenters. The highest BCUT2D eigenvalue weighted by Gasteiger charge is 2.27. The monoisotopic (exact) mass is 286 g/mol. The Balaban J connectivity index is 2.30. The number of carbonyl (C=O) groups is 1. The van der Waals surface area contributed by atoms with E-state index in [9.17, 15) is 4.79 Å². The average molecular weight is 287 g/mol. The molecule has 0 atom stereocenters. The summed E-state index contributed by atoms with van der Waals surface area (Å²) in [7, 11) is 1.42. The van der Waals surface area contributed by atoms with E-state index in [1.807, 2.05) is 0 Å². The van der Waals surface area contributed by atoms with Gasteiger partial charge < -0.3 is 14.7 Å². The van der Waals surface area contributed by atoms with Gasteiger partial charge in [0.2, 0.25) is 11.2 Å². The van der Waals surface area contributed by atoms with Crippen LogP contribution in [0.25, 0.3) is 0 Å². The number of hydrogen-bond donors (Lipinski definition) is 1. The molecule has 2 rings (SSSR count). The highest BCUT2D eigenvalue weighted by Crippen LogP contribution is 2.27. The third-order valence-corrected chi connectivity index (χ3v) is 3.26. The third kappa shape index (κ3) is 3.44. The maximum absolute atomic E-state index is 11.0. The summed E-state index contributed by atoms with van der Waals surface area (Å²) in [5.41, 5.74) is 0. The number of ether oxygens (including phenoxy) is 1. The molecule has 104 valence electrons. The fourth-order valence-electron chi connectivity index (χ4n) is 2.27. The van der Waals surface area contributed by atoms with E-state index >= 15 is 0 Å².